The molecular formula is C18H21F2N3O3S. The minimum absolute atomic E-state index is 0.0749. The van der Waals surface area contributed by atoms with Gasteiger partial charge in [0.15, 0.2) is 11.6 Å². The molecule has 0 heterocycles. The molecule has 0 aliphatic heterocycles. The Labute approximate surface area is 157 Å². The fraction of sp³-hybridized carbons (Fsp3) is 0.278. The van der Waals surface area contributed by atoms with E-state index in [1.165, 1.54) is 19.2 Å². The van der Waals surface area contributed by atoms with Crippen LogP contribution in [0.4, 0.5) is 14.5 Å². The summed E-state index contributed by atoms with van der Waals surface area (Å²) in [4.78, 5) is 12.2. The van der Waals surface area contributed by atoms with Crippen LogP contribution in [0, 0.1) is 18.6 Å². The number of nitrogens with one attached hydrogen (secondary N) is 3. The molecule has 2 rings (SSSR count). The van der Waals surface area contributed by atoms with Crippen LogP contribution in [0.2, 0.25) is 0 Å². The van der Waals surface area contributed by atoms with E-state index < -0.39 is 27.6 Å². The summed E-state index contributed by atoms with van der Waals surface area (Å²) in [5.74, 6) is -2.29. The van der Waals surface area contributed by atoms with Gasteiger partial charge in [-0.1, -0.05) is 12.1 Å². The number of aryl methyl sites for hydroxylation is 1. The molecule has 0 aliphatic carbocycles. The highest BCUT2D eigenvalue weighted by Gasteiger charge is 2.16. The minimum atomic E-state index is -3.64. The number of carbonyl (C=O) groups excluding carboxylic acids is 1. The number of hydrogen-bond acceptors (Lipinski definition) is 4. The number of rotatable bonds is 7. The van der Waals surface area contributed by atoms with E-state index in [0.29, 0.717) is 16.8 Å². The normalized spacial score (nSPS) is 12.6. The van der Waals surface area contributed by atoms with E-state index in [2.05, 4.69) is 15.4 Å². The third-order valence-electron chi connectivity index (χ3n) is 4.04. The number of anilines is 1. The maximum Gasteiger partial charge on any atom is 0.240 e. The van der Waals surface area contributed by atoms with Crippen molar-refractivity contribution in [3.05, 3.63) is 59.2 Å². The summed E-state index contributed by atoms with van der Waals surface area (Å²) in [6.45, 7) is 3.27. The molecule has 0 fully saturated rings. The summed E-state index contributed by atoms with van der Waals surface area (Å²) >= 11 is 0. The van der Waals surface area contributed by atoms with Gasteiger partial charge in [-0.15, -0.1) is 0 Å². The Morgan fingerprint density at radius 3 is 2.44 bits per heavy atom. The first-order valence-corrected chi connectivity index (χ1v) is 9.64. The van der Waals surface area contributed by atoms with Crippen LogP contribution in [0.1, 0.15) is 24.1 Å². The van der Waals surface area contributed by atoms with E-state index in [1.807, 2.05) is 0 Å². The quantitative estimate of drug-likeness (QED) is 0.670. The van der Waals surface area contributed by atoms with Gasteiger partial charge in [-0.05, 0) is 56.3 Å². The lowest BCUT2D eigenvalue weighted by molar-refractivity contribution is -0.115. The molecule has 0 unspecified atom stereocenters. The first kappa shape index (κ1) is 20.9. The number of hydrogen-bond donors (Lipinski definition) is 3. The van der Waals surface area contributed by atoms with Gasteiger partial charge in [0.2, 0.25) is 15.9 Å². The van der Waals surface area contributed by atoms with Gasteiger partial charge < -0.3 is 10.6 Å². The average molecular weight is 397 g/mol. The van der Waals surface area contributed by atoms with Gasteiger partial charge in [-0.25, -0.2) is 21.9 Å². The highest BCUT2D eigenvalue weighted by molar-refractivity contribution is 7.89. The maximum absolute atomic E-state index is 13.3. The standard InChI is InChI=1S/C18H21F2N3O3S/c1-11-4-6-14(9-17(11)27(25,26)21-3)23-18(24)10-22-12(2)13-5-7-15(19)16(20)8-13/h4-9,12,21-22H,10H2,1-3H3,(H,23,24)/t12-/m0/s1. The molecule has 3 N–H and O–H groups in total. The number of amides is 1. The molecule has 0 aromatic heterocycles. The molecule has 1 atom stereocenters. The van der Waals surface area contributed by atoms with Crippen molar-refractivity contribution in [2.24, 2.45) is 0 Å². The Kier molecular flexibility index (Phi) is 6.63. The lowest BCUT2D eigenvalue weighted by Crippen LogP contribution is -2.30. The fourth-order valence-corrected chi connectivity index (χ4v) is 3.42. The number of carbonyl (C=O) groups is 1. The first-order valence-electron chi connectivity index (χ1n) is 8.16. The van der Waals surface area contributed by atoms with E-state index in [1.54, 1.807) is 26.0 Å². The molecule has 6 nitrogen and oxygen atoms in total. The zero-order valence-electron chi connectivity index (χ0n) is 15.1. The number of halogens is 2. The molecular weight excluding hydrogens is 376 g/mol. The smallest absolute Gasteiger partial charge is 0.240 e. The van der Waals surface area contributed by atoms with Crippen molar-refractivity contribution in [2.75, 3.05) is 18.9 Å². The lowest BCUT2D eigenvalue weighted by Gasteiger charge is -2.15. The Morgan fingerprint density at radius 1 is 1.11 bits per heavy atom. The van der Waals surface area contributed by atoms with E-state index in [-0.39, 0.29) is 17.5 Å². The summed E-state index contributed by atoms with van der Waals surface area (Å²) in [7, 11) is -2.33. The van der Waals surface area contributed by atoms with Crippen molar-refractivity contribution >= 4 is 21.6 Å². The van der Waals surface area contributed by atoms with Gasteiger partial charge >= 0.3 is 0 Å². The van der Waals surface area contributed by atoms with Crippen molar-refractivity contribution in [3.63, 3.8) is 0 Å². The van der Waals surface area contributed by atoms with Crippen LogP contribution in [-0.2, 0) is 14.8 Å². The fourth-order valence-electron chi connectivity index (χ4n) is 2.43. The van der Waals surface area contributed by atoms with Crippen LogP contribution < -0.4 is 15.4 Å². The second-order valence-corrected chi connectivity index (χ2v) is 7.87. The van der Waals surface area contributed by atoms with E-state index in [0.717, 1.165) is 12.1 Å². The highest BCUT2D eigenvalue weighted by Crippen LogP contribution is 2.20. The predicted molar refractivity (Wildman–Crippen MR) is 98.8 cm³/mol. The van der Waals surface area contributed by atoms with Crippen molar-refractivity contribution in [3.8, 4) is 0 Å². The molecule has 27 heavy (non-hydrogen) atoms. The zero-order valence-corrected chi connectivity index (χ0v) is 16.0. The molecule has 0 spiro atoms. The molecule has 1 amide bonds. The molecule has 9 heteroatoms. The molecule has 0 radical (unpaired) electrons. The van der Waals surface area contributed by atoms with Crippen LogP contribution >= 0.6 is 0 Å². The molecule has 0 saturated heterocycles. The highest BCUT2D eigenvalue weighted by atomic mass is 32.2. The number of benzene rings is 2. The van der Waals surface area contributed by atoms with Gasteiger partial charge in [0.25, 0.3) is 0 Å². The monoisotopic (exact) mass is 397 g/mol. The Balaban J connectivity index is 2.01. The van der Waals surface area contributed by atoms with Crippen LogP contribution in [0.25, 0.3) is 0 Å². The molecule has 0 bridgehead atoms. The Bertz CT molecular complexity index is 949. The topological polar surface area (TPSA) is 87.3 Å². The van der Waals surface area contributed by atoms with Crippen LogP contribution in [0.3, 0.4) is 0 Å². The summed E-state index contributed by atoms with van der Waals surface area (Å²) in [6, 6.07) is 7.71. The maximum atomic E-state index is 13.3. The third-order valence-corrected chi connectivity index (χ3v) is 5.60. The summed E-state index contributed by atoms with van der Waals surface area (Å²) < 4.78 is 52.5. The predicted octanol–water partition coefficient (Wildman–Crippen LogP) is 2.47. The van der Waals surface area contributed by atoms with Crippen molar-refractivity contribution in [1.29, 1.82) is 0 Å². The van der Waals surface area contributed by atoms with E-state index >= 15 is 0 Å². The third kappa shape index (κ3) is 5.31. The van der Waals surface area contributed by atoms with Gasteiger partial charge in [0, 0.05) is 11.7 Å². The molecule has 2 aromatic carbocycles. The van der Waals surface area contributed by atoms with Crippen LogP contribution in [-0.4, -0.2) is 27.9 Å². The van der Waals surface area contributed by atoms with Gasteiger partial charge in [-0.2, -0.15) is 0 Å². The summed E-state index contributed by atoms with van der Waals surface area (Å²) in [5.41, 5.74) is 1.38. The van der Waals surface area contributed by atoms with Crippen molar-refractivity contribution in [1.82, 2.24) is 10.0 Å². The van der Waals surface area contributed by atoms with Crippen molar-refractivity contribution in [2.45, 2.75) is 24.8 Å². The Morgan fingerprint density at radius 2 is 1.81 bits per heavy atom. The molecule has 2 aromatic rings. The summed E-state index contributed by atoms with van der Waals surface area (Å²) in [5, 5.41) is 5.51. The first-order chi connectivity index (χ1) is 12.6. The van der Waals surface area contributed by atoms with Gasteiger partial charge in [0.1, 0.15) is 0 Å². The average Bonchev–Trinajstić information content (AvgIpc) is 2.63. The van der Waals surface area contributed by atoms with Gasteiger partial charge in [-0.3, -0.25) is 4.79 Å². The van der Waals surface area contributed by atoms with Crippen LogP contribution in [0.15, 0.2) is 41.3 Å². The lowest BCUT2D eigenvalue weighted by atomic mass is 10.1. The van der Waals surface area contributed by atoms with Crippen molar-refractivity contribution < 1.29 is 22.0 Å². The minimum Gasteiger partial charge on any atom is -0.325 e. The Hall–Kier alpha value is -2.36. The van der Waals surface area contributed by atoms with E-state index in [9.17, 15) is 22.0 Å². The molecule has 146 valence electrons. The van der Waals surface area contributed by atoms with E-state index in [4.69, 9.17) is 0 Å². The summed E-state index contributed by atoms with van der Waals surface area (Å²) in [6.07, 6.45) is 0. The van der Waals surface area contributed by atoms with Crippen LogP contribution in [0.5, 0.6) is 0 Å². The largest absolute Gasteiger partial charge is 0.325 e. The molecule has 0 aliphatic rings. The number of sulfonamides is 1. The SMILES string of the molecule is CNS(=O)(=O)c1cc(NC(=O)CN[C@@H](C)c2ccc(F)c(F)c2)ccc1C. The zero-order chi connectivity index (χ0) is 20.2. The second-order valence-electron chi connectivity index (χ2n) is 6.01. The molecule has 0 saturated carbocycles. The second kappa shape index (κ2) is 8.55. The van der Waals surface area contributed by atoms with Gasteiger partial charge in [0.05, 0.1) is 11.4 Å².